The summed E-state index contributed by atoms with van der Waals surface area (Å²) in [4.78, 5) is 10.2. The third-order valence-corrected chi connectivity index (χ3v) is 1.88. The number of carbonyl (C=O) groups excluding carboxylic acids is 1. The first-order chi connectivity index (χ1) is 9.74. The van der Waals surface area contributed by atoms with Gasteiger partial charge in [-0.2, -0.15) is 5.26 Å². The molecule has 0 N–H and O–H groups in total. The lowest BCUT2D eigenvalue weighted by atomic mass is 10.2. The summed E-state index contributed by atoms with van der Waals surface area (Å²) in [5, 5.41) is 8.19. The van der Waals surface area contributed by atoms with Crippen LogP contribution in [0.2, 0.25) is 0 Å². The first-order valence-electron chi connectivity index (χ1n) is 5.92. The highest BCUT2D eigenvalue weighted by atomic mass is 16.5. The van der Waals surface area contributed by atoms with Crippen LogP contribution < -0.4 is 0 Å². The number of benzene rings is 1. The summed E-state index contributed by atoms with van der Waals surface area (Å²) in [6, 6.07) is 11.9. The lowest BCUT2D eigenvalue weighted by Gasteiger charge is -1.92. The molecule has 0 aromatic heterocycles. The van der Waals surface area contributed by atoms with E-state index in [2.05, 4.69) is 17.9 Å². The Morgan fingerprint density at radius 3 is 2.50 bits per heavy atom. The average Bonchev–Trinajstić information content (AvgIpc) is 2.51. The van der Waals surface area contributed by atoms with E-state index in [9.17, 15) is 4.79 Å². The molecule has 3 heteroatoms. The van der Waals surface area contributed by atoms with Crippen LogP contribution in [0.5, 0.6) is 0 Å². The number of esters is 1. The van der Waals surface area contributed by atoms with Gasteiger partial charge in [-0.25, -0.2) is 4.79 Å². The molecule has 0 bridgehead atoms. The van der Waals surface area contributed by atoms with E-state index in [1.165, 1.54) is 12.2 Å². The van der Waals surface area contributed by atoms with Crippen molar-refractivity contribution in [1.82, 2.24) is 0 Å². The monoisotopic (exact) mass is 267 g/mol. The molecule has 0 amide bonds. The van der Waals surface area contributed by atoms with Crippen LogP contribution in [0.4, 0.5) is 0 Å². The highest BCUT2D eigenvalue weighted by Gasteiger charge is 1.88. The van der Waals surface area contributed by atoms with Gasteiger partial charge in [-0.3, -0.25) is 0 Å². The fraction of sp³-hybridized carbons (Fsp3) is 0.0588. The molecule has 0 aliphatic heterocycles. The molecule has 0 saturated carbocycles. The van der Waals surface area contributed by atoms with Crippen LogP contribution in [0.25, 0.3) is 6.08 Å². The average molecular weight is 267 g/mol. The van der Waals surface area contributed by atoms with Gasteiger partial charge in [-0.05, 0) is 5.56 Å². The van der Waals surface area contributed by atoms with Gasteiger partial charge in [-0.1, -0.05) is 67.8 Å². The summed E-state index contributed by atoms with van der Waals surface area (Å²) in [6.45, 7) is 6.81. The molecule has 3 nitrogen and oxygen atoms in total. The lowest BCUT2D eigenvalue weighted by Crippen LogP contribution is -1.98. The topological polar surface area (TPSA) is 50.1 Å². The van der Waals surface area contributed by atoms with E-state index >= 15 is 0 Å². The Balaban J connectivity index is 0.000000396. The van der Waals surface area contributed by atoms with Crippen molar-refractivity contribution in [2.45, 2.75) is 0 Å². The van der Waals surface area contributed by atoms with Crippen LogP contribution in [0.15, 0.2) is 73.9 Å². The van der Waals surface area contributed by atoms with E-state index < -0.39 is 5.97 Å². The van der Waals surface area contributed by atoms with Crippen molar-refractivity contribution in [3.63, 3.8) is 0 Å². The first-order valence-corrected chi connectivity index (χ1v) is 5.92. The normalized spacial score (nSPS) is 9.35. The van der Waals surface area contributed by atoms with Crippen LogP contribution in [0, 0.1) is 11.3 Å². The maximum atomic E-state index is 10.2. The standard InChI is InChI=1S/C11H9N.C6H8O2/c12-10-6-2-5-9-11-7-3-1-4-8-11;1-3-5-8-6(7)4-2/h1-9H;3-4H,1-2,5H2. The maximum Gasteiger partial charge on any atom is 0.330 e. The van der Waals surface area contributed by atoms with Gasteiger partial charge in [0.25, 0.3) is 0 Å². The lowest BCUT2D eigenvalue weighted by molar-refractivity contribution is -0.136. The molecule has 0 saturated heterocycles. The Morgan fingerprint density at radius 1 is 1.25 bits per heavy atom. The van der Waals surface area contributed by atoms with E-state index in [0.29, 0.717) is 0 Å². The molecular weight excluding hydrogens is 250 g/mol. The minimum absolute atomic E-state index is 0.255. The molecule has 0 atom stereocenters. The van der Waals surface area contributed by atoms with Gasteiger partial charge in [0.2, 0.25) is 0 Å². The second-order valence-electron chi connectivity index (χ2n) is 3.38. The van der Waals surface area contributed by atoms with Crippen molar-refractivity contribution in [1.29, 1.82) is 5.26 Å². The van der Waals surface area contributed by atoms with Gasteiger partial charge < -0.3 is 4.74 Å². The number of nitrogens with zero attached hydrogens (tertiary/aromatic N) is 1. The number of ether oxygens (including phenoxy) is 1. The number of hydrogen-bond acceptors (Lipinski definition) is 3. The Kier molecular flexibility index (Phi) is 10.8. The molecule has 1 aromatic carbocycles. The molecule has 1 aromatic rings. The van der Waals surface area contributed by atoms with E-state index in [1.54, 1.807) is 6.08 Å². The van der Waals surface area contributed by atoms with Crippen molar-refractivity contribution >= 4 is 12.0 Å². The third-order valence-electron chi connectivity index (χ3n) is 1.88. The Hall–Kier alpha value is -2.86. The Bertz CT molecular complexity index is 508. The second kappa shape index (κ2) is 12.6. The van der Waals surface area contributed by atoms with Crippen molar-refractivity contribution < 1.29 is 9.53 Å². The zero-order valence-corrected chi connectivity index (χ0v) is 11.2. The van der Waals surface area contributed by atoms with Crippen LogP contribution in [-0.4, -0.2) is 12.6 Å². The van der Waals surface area contributed by atoms with Gasteiger partial charge in [0.05, 0.1) is 6.07 Å². The van der Waals surface area contributed by atoms with Gasteiger partial charge in [0, 0.05) is 12.2 Å². The molecule has 20 heavy (non-hydrogen) atoms. The molecule has 0 heterocycles. The van der Waals surface area contributed by atoms with E-state index in [-0.39, 0.29) is 6.61 Å². The van der Waals surface area contributed by atoms with Crippen molar-refractivity contribution in [2.24, 2.45) is 0 Å². The summed E-state index contributed by atoms with van der Waals surface area (Å²) in [5.41, 5.74) is 1.14. The summed E-state index contributed by atoms with van der Waals surface area (Å²) >= 11 is 0. The molecular formula is C17H17NO2. The molecule has 0 unspecified atom stereocenters. The van der Waals surface area contributed by atoms with Crippen molar-refractivity contribution in [2.75, 3.05) is 6.61 Å². The fourth-order valence-corrected chi connectivity index (χ4v) is 1.03. The minimum Gasteiger partial charge on any atom is -0.458 e. The molecule has 0 aliphatic rings. The highest BCUT2D eigenvalue weighted by Crippen LogP contribution is 2.00. The zero-order valence-electron chi connectivity index (χ0n) is 11.2. The van der Waals surface area contributed by atoms with Crippen LogP contribution >= 0.6 is 0 Å². The molecule has 0 radical (unpaired) electrons. The number of rotatable bonds is 5. The Morgan fingerprint density at radius 2 is 1.95 bits per heavy atom. The van der Waals surface area contributed by atoms with E-state index in [0.717, 1.165) is 11.6 Å². The van der Waals surface area contributed by atoms with E-state index in [1.807, 2.05) is 48.6 Å². The summed E-state index contributed by atoms with van der Waals surface area (Å²) in [7, 11) is 0. The SMILES string of the molecule is C=CCOC(=O)C=C.N#CC=CC=Cc1ccccc1. The molecule has 0 aliphatic carbocycles. The quantitative estimate of drug-likeness (QED) is 0.269. The number of nitriles is 1. The molecule has 0 fully saturated rings. The van der Waals surface area contributed by atoms with Gasteiger partial charge in [0.1, 0.15) is 6.61 Å². The van der Waals surface area contributed by atoms with Crippen molar-refractivity contribution in [3.05, 3.63) is 79.4 Å². The molecule has 1 rings (SSSR count). The Labute approximate surface area is 119 Å². The van der Waals surface area contributed by atoms with Gasteiger partial charge in [-0.15, -0.1) is 0 Å². The maximum absolute atomic E-state index is 10.2. The third kappa shape index (κ3) is 10.3. The predicted molar refractivity (Wildman–Crippen MR) is 81.6 cm³/mol. The smallest absolute Gasteiger partial charge is 0.330 e. The highest BCUT2D eigenvalue weighted by molar-refractivity contribution is 5.81. The van der Waals surface area contributed by atoms with Gasteiger partial charge >= 0.3 is 5.97 Å². The second-order valence-corrected chi connectivity index (χ2v) is 3.38. The zero-order chi connectivity index (χ0) is 15.1. The summed E-state index contributed by atoms with van der Waals surface area (Å²) in [5.74, 6) is -0.412. The number of carbonyl (C=O) groups is 1. The van der Waals surface area contributed by atoms with Crippen molar-refractivity contribution in [3.8, 4) is 6.07 Å². The van der Waals surface area contributed by atoms with Crippen LogP contribution in [0.3, 0.4) is 0 Å². The molecule has 0 spiro atoms. The summed E-state index contributed by atoms with van der Waals surface area (Å²) in [6.07, 6.45) is 9.57. The van der Waals surface area contributed by atoms with Crippen LogP contribution in [-0.2, 0) is 9.53 Å². The van der Waals surface area contributed by atoms with Crippen LogP contribution in [0.1, 0.15) is 5.56 Å². The minimum atomic E-state index is -0.412. The number of allylic oxidation sites excluding steroid dienone is 3. The predicted octanol–water partition coefficient (Wildman–Crippen LogP) is 3.68. The fourth-order valence-electron chi connectivity index (χ4n) is 1.03. The van der Waals surface area contributed by atoms with Gasteiger partial charge in [0.15, 0.2) is 0 Å². The molecule has 102 valence electrons. The first kappa shape index (κ1) is 17.1. The largest absolute Gasteiger partial charge is 0.458 e. The van der Waals surface area contributed by atoms with E-state index in [4.69, 9.17) is 5.26 Å². The number of hydrogen-bond donors (Lipinski definition) is 0. The summed E-state index contributed by atoms with van der Waals surface area (Å²) < 4.78 is 4.47.